The van der Waals surface area contributed by atoms with Crippen molar-refractivity contribution < 1.29 is 14.0 Å². The molecule has 23 heavy (non-hydrogen) atoms. The van der Waals surface area contributed by atoms with E-state index in [0.717, 1.165) is 5.56 Å². The molecule has 2 amide bonds. The summed E-state index contributed by atoms with van der Waals surface area (Å²) in [5, 5.41) is 2.89. The Bertz CT molecular complexity index is 514. The van der Waals surface area contributed by atoms with Gasteiger partial charge in [-0.2, -0.15) is 0 Å². The molecule has 0 aromatic heterocycles. The third-order valence-electron chi connectivity index (χ3n) is 3.64. The fraction of sp³-hybridized carbons (Fsp3) is 0.556. The standard InChI is InChI=1S/C18H27FN2O2/c1-5-16(18(23)20-11-13(3)4)21(17(22)6-2)12-14-7-9-15(19)10-8-14/h7-10,13,16H,5-6,11-12H2,1-4H3,(H,20,23)/t16-/m1/s1. The molecule has 5 heteroatoms. The van der Waals surface area contributed by atoms with Crippen LogP contribution in [0.1, 0.15) is 46.1 Å². The van der Waals surface area contributed by atoms with E-state index >= 15 is 0 Å². The van der Waals surface area contributed by atoms with Crippen molar-refractivity contribution in [3.05, 3.63) is 35.6 Å². The van der Waals surface area contributed by atoms with Crippen LogP contribution in [-0.2, 0) is 16.1 Å². The fourth-order valence-corrected chi connectivity index (χ4v) is 2.33. The Labute approximate surface area is 138 Å². The summed E-state index contributed by atoms with van der Waals surface area (Å²) in [5.74, 6) is -0.182. The van der Waals surface area contributed by atoms with Crippen LogP contribution in [0.4, 0.5) is 4.39 Å². The van der Waals surface area contributed by atoms with Gasteiger partial charge >= 0.3 is 0 Å². The Morgan fingerprint density at radius 2 is 1.78 bits per heavy atom. The van der Waals surface area contributed by atoms with Crippen LogP contribution < -0.4 is 5.32 Å². The van der Waals surface area contributed by atoms with Gasteiger partial charge in [0.25, 0.3) is 0 Å². The molecule has 0 aliphatic carbocycles. The fourth-order valence-electron chi connectivity index (χ4n) is 2.33. The summed E-state index contributed by atoms with van der Waals surface area (Å²) in [4.78, 5) is 26.3. The monoisotopic (exact) mass is 322 g/mol. The second kappa shape index (κ2) is 9.28. The molecule has 0 aliphatic rings. The highest BCUT2D eigenvalue weighted by atomic mass is 19.1. The van der Waals surface area contributed by atoms with Crippen LogP contribution in [0.25, 0.3) is 0 Å². The van der Waals surface area contributed by atoms with Crippen molar-refractivity contribution in [1.82, 2.24) is 10.2 Å². The van der Waals surface area contributed by atoms with Crippen LogP contribution in [0.5, 0.6) is 0 Å². The average molecular weight is 322 g/mol. The van der Waals surface area contributed by atoms with Gasteiger partial charge in [0, 0.05) is 19.5 Å². The first kappa shape index (κ1) is 19.1. The summed E-state index contributed by atoms with van der Waals surface area (Å²) >= 11 is 0. The molecule has 0 saturated heterocycles. The topological polar surface area (TPSA) is 49.4 Å². The van der Waals surface area contributed by atoms with Gasteiger partial charge in [0.1, 0.15) is 11.9 Å². The summed E-state index contributed by atoms with van der Waals surface area (Å²) in [5.41, 5.74) is 0.809. The highest BCUT2D eigenvalue weighted by molar-refractivity contribution is 5.87. The molecule has 0 unspecified atom stereocenters. The lowest BCUT2D eigenvalue weighted by atomic mass is 10.1. The molecule has 1 atom stereocenters. The molecule has 1 aromatic carbocycles. The SMILES string of the molecule is CCC(=O)N(Cc1ccc(F)cc1)[C@H](CC)C(=O)NCC(C)C. The molecular weight excluding hydrogens is 295 g/mol. The van der Waals surface area contributed by atoms with E-state index in [4.69, 9.17) is 0 Å². The second-order valence-corrected chi connectivity index (χ2v) is 6.06. The quantitative estimate of drug-likeness (QED) is 0.799. The lowest BCUT2D eigenvalue weighted by Crippen LogP contribution is -2.49. The van der Waals surface area contributed by atoms with Crippen molar-refractivity contribution in [2.75, 3.05) is 6.54 Å². The number of nitrogens with zero attached hydrogens (tertiary/aromatic N) is 1. The first-order chi connectivity index (χ1) is 10.9. The third-order valence-corrected chi connectivity index (χ3v) is 3.64. The minimum absolute atomic E-state index is 0.0825. The van der Waals surface area contributed by atoms with Gasteiger partial charge in [0.05, 0.1) is 0 Å². The van der Waals surface area contributed by atoms with Crippen molar-refractivity contribution in [1.29, 1.82) is 0 Å². The highest BCUT2D eigenvalue weighted by Gasteiger charge is 2.27. The highest BCUT2D eigenvalue weighted by Crippen LogP contribution is 2.14. The molecule has 4 nitrogen and oxygen atoms in total. The van der Waals surface area contributed by atoms with Gasteiger partial charge in [-0.15, -0.1) is 0 Å². The Kier molecular flexibility index (Phi) is 7.72. The van der Waals surface area contributed by atoms with E-state index in [1.165, 1.54) is 12.1 Å². The molecule has 0 aliphatic heterocycles. The molecule has 128 valence electrons. The van der Waals surface area contributed by atoms with E-state index in [2.05, 4.69) is 5.32 Å². The predicted molar refractivity (Wildman–Crippen MR) is 89.2 cm³/mol. The normalized spacial score (nSPS) is 12.1. The van der Waals surface area contributed by atoms with Gasteiger partial charge in [-0.25, -0.2) is 4.39 Å². The van der Waals surface area contributed by atoms with E-state index in [1.54, 1.807) is 24.0 Å². The number of amides is 2. The zero-order valence-electron chi connectivity index (χ0n) is 14.4. The van der Waals surface area contributed by atoms with Gasteiger partial charge in [-0.3, -0.25) is 9.59 Å². The van der Waals surface area contributed by atoms with Crippen LogP contribution in [0.2, 0.25) is 0 Å². The lowest BCUT2D eigenvalue weighted by Gasteiger charge is -2.30. The van der Waals surface area contributed by atoms with E-state index < -0.39 is 6.04 Å². The van der Waals surface area contributed by atoms with E-state index in [0.29, 0.717) is 31.8 Å². The molecular formula is C18H27FN2O2. The van der Waals surface area contributed by atoms with Crippen molar-refractivity contribution in [3.63, 3.8) is 0 Å². The predicted octanol–water partition coefficient (Wildman–Crippen LogP) is 3.12. The number of hydrogen-bond acceptors (Lipinski definition) is 2. The number of benzene rings is 1. The Hall–Kier alpha value is -1.91. The molecule has 0 bridgehead atoms. The Morgan fingerprint density at radius 1 is 1.17 bits per heavy atom. The van der Waals surface area contributed by atoms with Crippen molar-refractivity contribution in [3.8, 4) is 0 Å². The van der Waals surface area contributed by atoms with Gasteiger partial charge in [-0.05, 0) is 30.0 Å². The maximum Gasteiger partial charge on any atom is 0.242 e. The zero-order valence-corrected chi connectivity index (χ0v) is 14.4. The van der Waals surface area contributed by atoms with E-state index in [-0.39, 0.29) is 17.6 Å². The minimum Gasteiger partial charge on any atom is -0.354 e. The molecule has 1 aromatic rings. The zero-order chi connectivity index (χ0) is 17.4. The Morgan fingerprint density at radius 3 is 2.26 bits per heavy atom. The largest absolute Gasteiger partial charge is 0.354 e. The first-order valence-electron chi connectivity index (χ1n) is 8.20. The van der Waals surface area contributed by atoms with E-state index in [1.807, 2.05) is 20.8 Å². The summed E-state index contributed by atoms with van der Waals surface area (Å²) in [6.07, 6.45) is 0.867. The van der Waals surface area contributed by atoms with Crippen LogP contribution in [0.15, 0.2) is 24.3 Å². The van der Waals surface area contributed by atoms with Crippen molar-refractivity contribution in [2.45, 2.75) is 53.1 Å². The molecule has 0 spiro atoms. The lowest BCUT2D eigenvalue weighted by molar-refractivity contribution is -0.141. The average Bonchev–Trinajstić information content (AvgIpc) is 2.53. The Balaban J connectivity index is 2.91. The summed E-state index contributed by atoms with van der Waals surface area (Å²) in [6.45, 7) is 8.60. The van der Waals surface area contributed by atoms with Crippen LogP contribution in [0.3, 0.4) is 0 Å². The number of nitrogens with one attached hydrogen (secondary N) is 1. The number of rotatable bonds is 8. The molecule has 0 saturated carbocycles. The number of halogens is 1. The molecule has 1 rings (SSSR count). The van der Waals surface area contributed by atoms with Gasteiger partial charge < -0.3 is 10.2 Å². The second-order valence-electron chi connectivity index (χ2n) is 6.06. The van der Waals surface area contributed by atoms with Crippen LogP contribution >= 0.6 is 0 Å². The number of hydrogen-bond donors (Lipinski definition) is 1. The van der Waals surface area contributed by atoms with Crippen molar-refractivity contribution >= 4 is 11.8 Å². The summed E-state index contributed by atoms with van der Waals surface area (Å²) in [7, 11) is 0. The van der Waals surface area contributed by atoms with Crippen LogP contribution in [0, 0.1) is 11.7 Å². The van der Waals surface area contributed by atoms with Crippen LogP contribution in [-0.4, -0.2) is 29.3 Å². The summed E-state index contributed by atoms with van der Waals surface area (Å²) in [6, 6.07) is 5.51. The first-order valence-corrected chi connectivity index (χ1v) is 8.20. The smallest absolute Gasteiger partial charge is 0.242 e. The van der Waals surface area contributed by atoms with Gasteiger partial charge in [-0.1, -0.05) is 39.8 Å². The number of carbonyl (C=O) groups is 2. The maximum absolute atomic E-state index is 13.0. The molecule has 0 heterocycles. The molecule has 0 radical (unpaired) electrons. The minimum atomic E-state index is -0.508. The van der Waals surface area contributed by atoms with Gasteiger partial charge in [0.15, 0.2) is 0 Å². The summed E-state index contributed by atoms with van der Waals surface area (Å²) < 4.78 is 13.0. The third kappa shape index (κ3) is 6.00. The van der Waals surface area contributed by atoms with E-state index in [9.17, 15) is 14.0 Å². The maximum atomic E-state index is 13.0. The number of carbonyl (C=O) groups excluding carboxylic acids is 2. The van der Waals surface area contributed by atoms with Gasteiger partial charge in [0.2, 0.25) is 11.8 Å². The molecule has 0 fully saturated rings. The molecule has 1 N–H and O–H groups in total. The van der Waals surface area contributed by atoms with Crippen molar-refractivity contribution in [2.24, 2.45) is 5.92 Å².